The predicted molar refractivity (Wildman–Crippen MR) is 120 cm³/mol. The number of fused-ring (bicyclic) bond motifs is 3. The van der Waals surface area contributed by atoms with Crippen LogP contribution in [0, 0.1) is 5.92 Å². The van der Waals surface area contributed by atoms with Crippen molar-refractivity contribution in [3.05, 3.63) is 41.2 Å². The highest BCUT2D eigenvalue weighted by atomic mass is 16.5. The minimum absolute atomic E-state index is 0.124. The number of rotatable bonds is 4. The minimum atomic E-state index is -0.663. The number of imide groups is 1. The van der Waals surface area contributed by atoms with Crippen molar-refractivity contribution in [1.29, 1.82) is 0 Å². The molecule has 2 bridgehead atoms. The Balaban J connectivity index is 1.19. The Labute approximate surface area is 201 Å². The second-order valence-corrected chi connectivity index (χ2v) is 9.83. The summed E-state index contributed by atoms with van der Waals surface area (Å²) >= 11 is 0. The van der Waals surface area contributed by atoms with Crippen LogP contribution in [0.15, 0.2) is 24.4 Å². The molecule has 1 unspecified atom stereocenters. The molecule has 182 valence electrons. The summed E-state index contributed by atoms with van der Waals surface area (Å²) in [5.74, 6) is -0.652. The lowest BCUT2D eigenvalue weighted by atomic mass is 9.88. The van der Waals surface area contributed by atoms with Crippen LogP contribution in [-0.4, -0.2) is 80.3 Å². The molecule has 0 spiro atoms. The first kappa shape index (κ1) is 21.9. The van der Waals surface area contributed by atoms with Crippen molar-refractivity contribution >= 4 is 23.6 Å². The molecule has 1 saturated carbocycles. The van der Waals surface area contributed by atoms with Gasteiger partial charge in [0.15, 0.2) is 5.69 Å². The molecular weight excluding hydrogens is 452 g/mol. The van der Waals surface area contributed by atoms with Gasteiger partial charge in [-0.2, -0.15) is 0 Å². The second kappa shape index (κ2) is 8.26. The molecule has 0 radical (unpaired) electrons. The third-order valence-corrected chi connectivity index (χ3v) is 7.71. The number of methoxy groups -OCH3 is 1. The number of ether oxygens (including phenoxy) is 1. The lowest BCUT2D eigenvalue weighted by Crippen LogP contribution is -2.52. The largest absolute Gasteiger partial charge is 0.381 e. The number of hydrogen-bond acceptors (Lipinski definition) is 7. The third kappa shape index (κ3) is 3.70. The first-order chi connectivity index (χ1) is 16.9. The second-order valence-electron chi connectivity index (χ2n) is 9.83. The highest BCUT2D eigenvalue weighted by Crippen LogP contribution is 2.37. The highest BCUT2D eigenvalue weighted by molar-refractivity contribution is 6.05. The molecule has 11 heteroatoms. The standard InChI is InChI=1S/C24H26N6O5/c1-35-17-7-13-6-16(9-17)28(10-13)24(34)19-12-30(27-26-19)15-2-3-18-14(8-15)11-29(23(18)33)20-4-5-21(31)25-22(20)32/h2-3,8,12-13,16-17,20H,4-7,9-11H2,1H3,(H,25,31,32)/t13-,16+,17+,20?/m0/s1. The van der Waals surface area contributed by atoms with E-state index in [4.69, 9.17) is 4.74 Å². The Hall–Kier alpha value is -3.60. The van der Waals surface area contributed by atoms with E-state index < -0.39 is 11.9 Å². The first-order valence-corrected chi connectivity index (χ1v) is 12.0. The van der Waals surface area contributed by atoms with E-state index in [0.29, 0.717) is 30.1 Å². The van der Waals surface area contributed by atoms with Crippen LogP contribution in [0.1, 0.15) is 58.5 Å². The van der Waals surface area contributed by atoms with Gasteiger partial charge in [-0.3, -0.25) is 24.5 Å². The Morgan fingerprint density at radius 3 is 2.83 bits per heavy atom. The van der Waals surface area contributed by atoms with Gasteiger partial charge in [-0.25, -0.2) is 4.68 Å². The molecule has 6 rings (SSSR count). The van der Waals surface area contributed by atoms with E-state index in [9.17, 15) is 19.2 Å². The van der Waals surface area contributed by atoms with E-state index in [1.165, 1.54) is 9.58 Å². The van der Waals surface area contributed by atoms with Crippen molar-refractivity contribution in [2.45, 2.75) is 56.8 Å². The number of hydrogen-bond donors (Lipinski definition) is 1. The van der Waals surface area contributed by atoms with E-state index in [0.717, 1.165) is 24.8 Å². The number of carbonyl (C=O) groups is 4. The van der Waals surface area contributed by atoms with E-state index >= 15 is 0 Å². The Morgan fingerprint density at radius 1 is 1.17 bits per heavy atom. The van der Waals surface area contributed by atoms with Crippen LogP contribution >= 0.6 is 0 Å². The van der Waals surface area contributed by atoms with Crippen molar-refractivity contribution in [2.75, 3.05) is 13.7 Å². The smallest absolute Gasteiger partial charge is 0.276 e. The number of benzene rings is 1. The zero-order chi connectivity index (χ0) is 24.3. The van der Waals surface area contributed by atoms with Crippen LogP contribution in [0.5, 0.6) is 0 Å². The summed E-state index contributed by atoms with van der Waals surface area (Å²) < 4.78 is 7.07. The number of nitrogens with zero attached hydrogens (tertiary/aromatic N) is 5. The number of likely N-dealkylation sites (tertiary alicyclic amines) is 1. The maximum absolute atomic E-state index is 13.2. The van der Waals surface area contributed by atoms with E-state index in [-0.39, 0.29) is 48.5 Å². The van der Waals surface area contributed by atoms with Crippen molar-refractivity contribution in [3.8, 4) is 5.69 Å². The molecule has 2 saturated heterocycles. The number of carbonyl (C=O) groups excluding carboxylic acids is 4. The quantitative estimate of drug-likeness (QED) is 0.640. The van der Waals surface area contributed by atoms with Gasteiger partial charge in [0.1, 0.15) is 6.04 Å². The summed E-state index contributed by atoms with van der Waals surface area (Å²) in [6.07, 6.45) is 5.16. The zero-order valence-electron chi connectivity index (χ0n) is 19.3. The molecule has 2 aromatic rings. The summed E-state index contributed by atoms with van der Waals surface area (Å²) in [5, 5.41) is 10.6. The van der Waals surface area contributed by atoms with E-state index in [1.807, 2.05) is 11.0 Å². The van der Waals surface area contributed by atoms with Crippen LogP contribution in [0.3, 0.4) is 0 Å². The normalized spacial score (nSPS) is 27.9. The Bertz CT molecular complexity index is 1240. The number of aromatic nitrogens is 3. The summed E-state index contributed by atoms with van der Waals surface area (Å²) in [5.41, 5.74) is 2.24. The molecule has 1 aromatic heterocycles. The first-order valence-electron chi connectivity index (χ1n) is 12.0. The van der Waals surface area contributed by atoms with Crippen molar-refractivity contribution in [2.24, 2.45) is 5.92 Å². The molecule has 4 atom stereocenters. The van der Waals surface area contributed by atoms with Gasteiger partial charge in [-0.1, -0.05) is 5.21 Å². The fraction of sp³-hybridized carbons (Fsp3) is 0.500. The monoisotopic (exact) mass is 478 g/mol. The molecular formula is C24H26N6O5. The maximum Gasteiger partial charge on any atom is 0.276 e. The predicted octanol–water partition coefficient (Wildman–Crippen LogP) is 0.668. The summed E-state index contributed by atoms with van der Waals surface area (Å²) in [6, 6.07) is 4.79. The molecule has 4 aliphatic rings. The number of piperidine rings is 1. The average Bonchev–Trinajstić information content (AvgIpc) is 3.54. The van der Waals surface area contributed by atoms with Crippen LogP contribution in [0.4, 0.5) is 0 Å². The molecule has 1 aliphatic carbocycles. The van der Waals surface area contributed by atoms with Gasteiger partial charge in [0, 0.05) is 38.2 Å². The molecule has 4 amide bonds. The average molecular weight is 479 g/mol. The van der Waals surface area contributed by atoms with Gasteiger partial charge >= 0.3 is 0 Å². The van der Waals surface area contributed by atoms with Gasteiger partial charge in [0.2, 0.25) is 11.8 Å². The molecule has 3 aliphatic heterocycles. The van der Waals surface area contributed by atoms with Gasteiger partial charge in [-0.05, 0) is 55.4 Å². The fourth-order valence-electron chi connectivity index (χ4n) is 5.96. The SMILES string of the molecule is CO[C@@H]1C[C@@H]2C[C@H](C1)N(C(=O)c1cn(-c3ccc4c(c3)CN(C3CCC(=O)NC3=O)C4=O)nn1)C2. The molecule has 4 heterocycles. The van der Waals surface area contributed by atoms with Crippen molar-refractivity contribution in [1.82, 2.24) is 30.1 Å². The Kier molecular flexibility index (Phi) is 5.17. The number of nitrogens with one attached hydrogen (secondary N) is 1. The molecule has 11 nitrogen and oxygen atoms in total. The summed E-state index contributed by atoms with van der Waals surface area (Å²) in [4.78, 5) is 53.2. The third-order valence-electron chi connectivity index (χ3n) is 7.71. The van der Waals surface area contributed by atoms with Crippen LogP contribution < -0.4 is 5.32 Å². The number of amides is 4. The van der Waals surface area contributed by atoms with Gasteiger partial charge < -0.3 is 14.5 Å². The molecule has 1 aromatic carbocycles. The highest BCUT2D eigenvalue weighted by Gasteiger charge is 2.43. The zero-order valence-corrected chi connectivity index (χ0v) is 19.3. The van der Waals surface area contributed by atoms with Crippen molar-refractivity contribution < 1.29 is 23.9 Å². The minimum Gasteiger partial charge on any atom is -0.381 e. The Morgan fingerprint density at radius 2 is 2.03 bits per heavy atom. The van der Waals surface area contributed by atoms with Crippen molar-refractivity contribution in [3.63, 3.8) is 0 Å². The van der Waals surface area contributed by atoms with Gasteiger partial charge in [0.25, 0.3) is 11.8 Å². The van der Waals surface area contributed by atoms with E-state index in [1.54, 1.807) is 25.4 Å². The summed E-state index contributed by atoms with van der Waals surface area (Å²) in [7, 11) is 1.72. The summed E-state index contributed by atoms with van der Waals surface area (Å²) in [6.45, 7) is 0.986. The molecule has 35 heavy (non-hydrogen) atoms. The van der Waals surface area contributed by atoms with Crippen LogP contribution in [-0.2, 0) is 20.9 Å². The lowest BCUT2D eigenvalue weighted by molar-refractivity contribution is -0.136. The van der Waals surface area contributed by atoms with Crippen LogP contribution in [0.25, 0.3) is 5.69 Å². The van der Waals surface area contributed by atoms with Crippen LogP contribution in [0.2, 0.25) is 0 Å². The van der Waals surface area contributed by atoms with Gasteiger partial charge in [0.05, 0.1) is 18.0 Å². The molecule has 1 N–H and O–H groups in total. The topological polar surface area (TPSA) is 127 Å². The fourth-order valence-corrected chi connectivity index (χ4v) is 5.96. The maximum atomic E-state index is 13.2. The lowest BCUT2D eigenvalue weighted by Gasteiger charge is -2.29. The van der Waals surface area contributed by atoms with E-state index in [2.05, 4.69) is 15.6 Å². The van der Waals surface area contributed by atoms with Gasteiger partial charge in [-0.15, -0.1) is 5.10 Å². The molecule has 3 fully saturated rings.